The summed E-state index contributed by atoms with van der Waals surface area (Å²) in [5.41, 5.74) is -0.746. The van der Waals surface area contributed by atoms with Crippen molar-refractivity contribution in [3.8, 4) is 29.4 Å². The predicted octanol–water partition coefficient (Wildman–Crippen LogP) is 3.93. The second kappa shape index (κ2) is 11.7. The molecule has 2 bridgehead atoms. The minimum Gasteiger partial charge on any atom is -0.507 e. The molecule has 4 aliphatic rings. The molecule has 5 atom stereocenters. The Kier molecular flexibility index (Phi) is 7.60. The highest BCUT2D eigenvalue weighted by Gasteiger charge is 2.79. The van der Waals surface area contributed by atoms with Crippen LogP contribution in [0.3, 0.4) is 0 Å². The SMILES string of the molecule is C[C@@H](O)[C@@]12C[C@]13c1cc(O)c4c(c1N[C@H]2C#C/C=C\C#C[C@H]3O)C(=O)c1ccc(CNC(=O)OCCSc2ccccc2)cc1C4=O. The van der Waals surface area contributed by atoms with Gasteiger partial charge in [-0.1, -0.05) is 47.9 Å². The predicted molar refractivity (Wildman–Crippen MR) is 175 cm³/mol. The van der Waals surface area contributed by atoms with Crippen LogP contribution in [0.15, 0.2) is 71.6 Å². The van der Waals surface area contributed by atoms with Crippen LogP contribution in [0.5, 0.6) is 5.75 Å². The van der Waals surface area contributed by atoms with Gasteiger partial charge in [-0.3, -0.25) is 9.59 Å². The molecule has 1 fully saturated rings. The first kappa shape index (κ1) is 30.6. The van der Waals surface area contributed by atoms with E-state index < -0.39 is 52.5 Å². The van der Waals surface area contributed by atoms with Crippen LogP contribution in [0.1, 0.15) is 56.3 Å². The molecule has 0 aromatic heterocycles. The molecule has 1 amide bonds. The zero-order chi connectivity index (χ0) is 32.9. The van der Waals surface area contributed by atoms with E-state index in [9.17, 15) is 29.7 Å². The summed E-state index contributed by atoms with van der Waals surface area (Å²) in [4.78, 5) is 41.4. The van der Waals surface area contributed by atoms with E-state index in [2.05, 4.69) is 34.3 Å². The molecule has 9 nitrogen and oxygen atoms in total. The molecule has 1 saturated carbocycles. The third-order valence-electron chi connectivity index (χ3n) is 9.57. The van der Waals surface area contributed by atoms with Gasteiger partial charge in [0.1, 0.15) is 18.5 Å². The summed E-state index contributed by atoms with van der Waals surface area (Å²) in [6.45, 7) is 1.90. The molecule has 3 aromatic rings. The average molecular weight is 647 g/mol. The number of phenolic OH excluding ortho intramolecular Hbond substituents is 1. The van der Waals surface area contributed by atoms with Gasteiger partial charge in [0.15, 0.2) is 11.6 Å². The maximum Gasteiger partial charge on any atom is 0.407 e. The Labute approximate surface area is 275 Å². The number of anilines is 1. The number of aliphatic hydroxyl groups excluding tert-OH is 2. The van der Waals surface area contributed by atoms with E-state index in [0.717, 1.165) is 4.90 Å². The molecule has 0 radical (unpaired) electrons. The zero-order valence-corrected chi connectivity index (χ0v) is 26.1. The maximum absolute atomic E-state index is 14.1. The van der Waals surface area contributed by atoms with Crippen molar-refractivity contribution in [1.82, 2.24) is 5.32 Å². The van der Waals surface area contributed by atoms with Crippen LogP contribution in [0, 0.1) is 29.1 Å². The van der Waals surface area contributed by atoms with Crippen molar-refractivity contribution in [2.45, 2.75) is 48.4 Å². The van der Waals surface area contributed by atoms with Crippen molar-refractivity contribution in [1.29, 1.82) is 0 Å². The normalized spacial score (nSPS) is 25.4. The molecule has 5 N–H and O–H groups in total. The molecule has 1 aliphatic heterocycles. The van der Waals surface area contributed by atoms with Crippen LogP contribution in [0.4, 0.5) is 10.5 Å². The largest absolute Gasteiger partial charge is 0.507 e. The summed E-state index contributed by atoms with van der Waals surface area (Å²) in [6, 6.07) is 15.2. The second-order valence-electron chi connectivity index (χ2n) is 12.0. The van der Waals surface area contributed by atoms with Crippen molar-refractivity contribution in [2.75, 3.05) is 17.7 Å². The van der Waals surface area contributed by atoms with E-state index in [1.54, 1.807) is 30.8 Å². The first-order valence-electron chi connectivity index (χ1n) is 15.2. The number of amides is 1. The molecule has 0 spiro atoms. The number of phenols is 1. The number of ether oxygens (including phenoxy) is 1. The third kappa shape index (κ3) is 4.80. The lowest BCUT2D eigenvalue weighted by Gasteiger charge is -2.42. The lowest BCUT2D eigenvalue weighted by atomic mass is 9.69. The van der Waals surface area contributed by atoms with Crippen molar-refractivity contribution in [3.63, 3.8) is 0 Å². The molecule has 3 aromatic carbocycles. The van der Waals surface area contributed by atoms with E-state index in [1.165, 1.54) is 24.3 Å². The first-order valence-corrected chi connectivity index (χ1v) is 16.2. The Morgan fingerprint density at radius 1 is 1.06 bits per heavy atom. The van der Waals surface area contributed by atoms with Gasteiger partial charge in [0.05, 0.1) is 29.0 Å². The van der Waals surface area contributed by atoms with Gasteiger partial charge in [-0.05, 0) is 67.0 Å². The molecule has 1 heterocycles. The fourth-order valence-electron chi connectivity index (χ4n) is 7.31. The summed E-state index contributed by atoms with van der Waals surface area (Å²) >= 11 is 1.57. The number of nitrogens with one attached hydrogen (secondary N) is 2. The molecule has 3 aliphatic carbocycles. The number of alkyl carbamates (subject to hydrolysis) is 1. The van der Waals surface area contributed by atoms with E-state index >= 15 is 0 Å². The quantitative estimate of drug-likeness (QED) is 0.0873. The zero-order valence-electron chi connectivity index (χ0n) is 25.3. The Bertz CT molecular complexity index is 2000. The number of hydrogen-bond acceptors (Lipinski definition) is 9. The van der Waals surface area contributed by atoms with E-state index in [1.807, 2.05) is 30.3 Å². The van der Waals surface area contributed by atoms with Gasteiger partial charge >= 0.3 is 6.09 Å². The summed E-state index contributed by atoms with van der Waals surface area (Å²) in [5.74, 6) is 10.8. The average Bonchev–Trinajstić information content (AvgIpc) is 3.80. The van der Waals surface area contributed by atoms with Gasteiger partial charge < -0.3 is 30.7 Å². The molecule has 7 rings (SSSR count). The summed E-state index contributed by atoms with van der Waals surface area (Å²) in [5, 5.41) is 39.8. The van der Waals surface area contributed by atoms with Gasteiger partial charge in [0.2, 0.25) is 0 Å². The molecule has 0 saturated heterocycles. The number of aliphatic hydroxyl groups is 2. The molecule has 10 heteroatoms. The topological polar surface area (TPSA) is 145 Å². The van der Waals surface area contributed by atoms with Crippen LogP contribution >= 0.6 is 11.8 Å². The summed E-state index contributed by atoms with van der Waals surface area (Å²) < 4.78 is 5.27. The highest BCUT2D eigenvalue weighted by Crippen LogP contribution is 2.74. The highest BCUT2D eigenvalue weighted by molar-refractivity contribution is 7.99. The second-order valence-corrected chi connectivity index (χ2v) is 13.2. The van der Waals surface area contributed by atoms with Gasteiger partial charge in [-0.2, -0.15) is 0 Å². The Morgan fingerprint density at radius 3 is 2.57 bits per heavy atom. The third-order valence-corrected chi connectivity index (χ3v) is 10.5. The van der Waals surface area contributed by atoms with Gasteiger partial charge in [-0.15, -0.1) is 11.8 Å². The first-order chi connectivity index (χ1) is 22.7. The van der Waals surface area contributed by atoms with Gasteiger partial charge in [-0.25, -0.2) is 4.79 Å². The molecule has 236 valence electrons. The van der Waals surface area contributed by atoms with Crippen LogP contribution in [0.25, 0.3) is 0 Å². The summed E-state index contributed by atoms with van der Waals surface area (Å²) in [6.07, 6.45) is 0.611. The Hall–Kier alpha value is -5.00. The maximum atomic E-state index is 14.1. The number of fused-ring (bicyclic) bond motifs is 4. The molecular weight excluding hydrogens is 616 g/mol. The smallest absolute Gasteiger partial charge is 0.407 e. The fraction of sp³-hybridized carbons (Fsp3) is 0.270. The van der Waals surface area contributed by atoms with E-state index in [-0.39, 0.29) is 35.4 Å². The minimum atomic E-state index is -1.24. The lowest BCUT2D eigenvalue weighted by Crippen LogP contribution is -2.50. The number of benzene rings is 3. The molecule has 0 unspecified atom stereocenters. The number of ketones is 2. The van der Waals surface area contributed by atoms with Crippen molar-refractivity contribution < 1.29 is 34.4 Å². The number of carbonyl (C=O) groups excluding carboxylic acids is 3. The molecular formula is C37H30N2O7S. The van der Waals surface area contributed by atoms with Crippen LogP contribution in [0.2, 0.25) is 0 Å². The highest BCUT2D eigenvalue weighted by atomic mass is 32.2. The van der Waals surface area contributed by atoms with Crippen molar-refractivity contribution in [2.24, 2.45) is 5.41 Å². The number of hydrogen-bond donors (Lipinski definition) is 5. The minimum absolute atomic E-state index is 0.00893. The number of thioether (sulfide) groups is 1. The van der Waals surface area contributed by atoms with Crippen LogP contribution in [-0.2, 0) is 16.7 Å². The van der Waals surface area contributed by atoms with Crippen LogP contribution in [-0.4, -0.2) is 63.6 Å². The number of rotatable bonds is 7. The lowest BCUT2D eigenvalue weighted by molar-refractivity contribution is 0.0603. The molecule has 47 heavy (non-hydrogen) atoms. The van der Waals surface area contributed by atoms with Gasteiger partial charge in [0, 0.05) is 39.1 Å². The fourth-order valence-corrected chi connectivity index (χ4v) is 8.06. The Morgan fingerprint density at radius 2 is 1.81 bits per heavy atom. The number of carbonyl (C=O) groups is 3. The van der Waals surface area contributed by atoms with Gasteiger partial charge in [0.25, 0.3) is 0 Å². The monoisotopic (exact) mass is 646 g/mol. The number of aromatic hydroxyl groups is 1. The standard InChI is InChI=1S/C37H30N2O7S/c1-21(40)36-20-37(36)26-18-27(41)30-31(32(26)39-28(36)11-7-2-3-8-12-29(37)42)33(43)24-14-13-22(17-25(24)34(30)44)19-38-35(45)46-15-16-47-23-9-5-4-6-10-23/h2-6,9-10,13-14,17-18,21,28-29,39-42H,15-16,19-20H2,1H3,(H,38,45)/b3-2-/t21-,28+,29-,36-,37-/m1/s1. The van der Waals surface area contributed by atoms with Crippen molar-refractivity contribution >= 4 is 35.1 Å². The summed E-state index contributed by atoms with van der Waals surface area (Å²) in [7, 11) is 0. The van der Waals surface area contributed by atoms with Crippen molar-refractivity contribution in [3.05, 3.63) is 100 Å². The van der Waals surface area contributed by atoms with Crippen LogP contribution < -0.4 is 10.6 Å². The van der Waals surface area contributed by atoms with E-state index in [0.29, 0.717) is 29.0 Å². The Balaban J connectivity index is 1.16. The number of allylic oxidation sites excluding steroid dienone is 2. The van der Waals surface area contributed by atoms with E-state index in [4.69, 9.17) is 4.74 Å².